The van der Waals surface area contributed by atoms with Crippen LogP contribution < -0.4 is 0 Å². The predicted octanol–water partition coefficient (Wildman–Crippen LogP) is 4.60. The third kappa shape index (κ3) is 4.37. The molecule has 3 aromatic rings. The van der Waals surface area contributed by atoms with Crippen molar-refractivity contribution in [1.29, 1.82) is 0 Å². The summed E-state index contributed by atoms with van der Waals surface area (Å²) in [5.74, 6) is 0. The SMILES string of the molecule is Cc1ccc(-c2ncccc2-c2cc(Cl)cc(S(C)(=O)=O)c2)cn1.Cl. The molecule has 0 aliphatic rings. The number of aromatic nitrogens is 2. The maximum Gasteiger partial charge on any atom is 0.175 e. The first kappa shape index (κ1) is 19.4. The molecule has 0 N–H and O–H groups in total. The normalized spacial score (nSPS) is 11.0. The molecule has 0 amide bonds. The summed E-state index contributed by atoms with van der Waals surface area (Å²) < 4.78 is 23.8. The van der Waals surface area contributed by atoms with Gasteiger partial charge in [0.1, 0.15) is 0 Å². The standard InChI is InChI=1S/C18H15ClN2O2S.ClH/c1-12-5-6-13(11-21-12)18-17(4-3-7-20-18)14-8-15(19)10-16(9-14)24(2,22)23;/h3-11H,1-2H3;1H. The van der Waals surface area contributed by atoms with E-state index in [0.717, 1.165) is 28.8 Å². The van der Waals surface area contributed by atoms with Crippen LogP contribution in [0.4, 0.5) is 0 Å². The van der Waals surface area contributed by atoms with E-state index in [1.165, 1.54) is 6.07 Å². The molecule has 0 fully saturated rings. The Hall–Kier alpha value is -1.95. The molecule has 0 aliphatic heterocycles. The number of hydrogen-bond acceptors (Lipinski definition) is 4. The van der Waals surface area contributed by atoms with Gasteiger partial charge in [0.15, 0.2) is 9.84 Å². The summed E-state index contributed by atoms with van der Waals surface area (Å²) in [4.78, 5) is 8.93. The summed E-state index contributed by atoms with van der Waals surface area (Å²) in [7, 11) is -3.36. The molecule has 0 spiro atoms. The van der Waals surface area contributed by atoms with Gasteiger partial charge in [0.2, 0.25) is 0 Å². The molecular weight excluding hydrogens is 379 g/mol. The zero-order valence-corrected chi connectivity index (χ0v) is 16.0. The molecular formula is C18H16Cl2N2O2S. The van der Waals surface area contributed by atoms with Crippen molar-refractivity contribution in [3.05, 3.63) is 65.6 Å². The molecule has 4 nitrogen and oxygen atoms in total. The quantitative estimate of drug-likeness (QED) is 0.651. The van der Waals surface area contributed by atoms with Crippen LogP contribution >= 0.6 is 24.0 Å². The van der Waals surface area contributed by atoms with E-state index in [2.05, 4.69) is 9.97 Å². The zero-order valence-electron chi connectivity index (χ0n) is 13.6. The highest BCUT2D eigenvalue weighted by Gasteiger charge is 2.14. The number of rotatable bonds is 3. The maximum absolute atomic E-state index is 11.9. The van der Waals surface area contributed by atoms with Crippen LogP contribution in [0.15, 0.2) is 59.8 Å². The summed E-state index contributed by atoms with van der Waals surface area (Å²) >= 11 is 6.13. The monoisotopic (exact) mass is 394 g/mol. The van der Waals surface area contributed by atoms with E-state index >= 15 is 0 Å². The lowest BCUT2D eigenvalue weighted by atomic mass is 10.0. The predicted molar refractivity (Wildman–Crippen MR) is 103 cm³/mol. The smallest absolute Gasteiger partial charge is 0.175 e. The van der Waals surface area contributed by atoms with E-state index in [1.54, 1.807) is 24.5 Å². The first-order valence-corrected chi connectivity index (χ1v) is 9.50. The highest BCUT2D eigenvalue weighted by molar-refractivity contribution is 7.90. The Balaban J connectivity index is 0.00000225. The van der Waals surface area contributed by atoms with Crippen molar-refractivity contribution in [2.45, 2.75) is 11.8 Å². The van der Waals surface area contributed by atoms with Gasteiger partial charge in [-0.2, -0.15) is 0 Å². The second kappa shape index (κ2) is 7.52. The molecule has 0 saturated heterocycles. The van der Waals surface area contributed by atoms with Crippen molar-refractivity contribution in [1.82, 2.24) is 9.97 Å². The largest absolute Gasteiger partial charge is 0.261 e. The van der Waals surface area contributed by atoms with Crippen molar-refractivity contribution in [2.75, 3.05) is 6.26 Å². The second-order valence-corrected chi connectivity index (χ2v) is 7.99. The average molecular weight is 395 g/mol. The minimum atomic E-state index is -3.36. The van der Waals surface area contributed by atoms with Crippen LogP contribution in [0.5, 0.6) is 0 Å². The minimum Gasteiger partial charge on any atom is -0.261 e. The Bertz CT molecular complexity index is 1000. The van der Waals surface area contributed by atoms with Crippen molar-refractivity contribution in [2.24, 2.45) is 0 Å². The number of aryl methyl sites for hydroxylation is 1. The van der Waals surface area contributed by atoms with E-state index in [4.69, 9.17) is 11.6 Å². The molecule has 2 heterocycles. The molecule has 0 bridgehead atoms. The first-order valence-electron chi connectivity index (χ1n) is 7.24. The summed E-state index contributed by atoms with van der Waals surface area (Å²) in [6, 6.07) is 12.3. The molecule has 1 aromatic carbocycles. The van der Waals surface area contributed by atoms with E-state index in [1.807, 2.05) is 31.2 Å². The van der Waals surface area contributed by atoms with E-state index in [9.17, 15) is 8.42 Å². The Morgan fingerprint density at radius 3 is 2.40 bits per heavy atom. The van der Waals surface area contributed by atoms with Crippen LogP contribution in [-0.2, 0) is 9.84 Å². The molecule has 130 valence electrons. The lowest BCUT2D eigenvalue weighted by Crippen LogP contribution is -1.98. The summed E-state index contributed by atoms with van der Waals surface area (Å²) in [6.45, 7) is 1.92. The van der Waals surface area contributed by atoms with Gasteiger partial charge < -0.3 is 0 Å². The van der Waals surface area contributed by atoms with Crippen molar-refractivity contribution in [3.8, 4) is 22.4 Å². The topological polar surface area (TPSA) is 59.9 Å². The highest BCUT2D eigenvalue weighted by atomic mass is 35.5. The molecule has 0 aliphatic carbocycles. The second-order valence-electron chi connectivity index (χ2n) is 5.54. The lowest BCUT2D eigenvalue weighted by Gasteiger charge is -2.11. The summed E-state index contributed by atoms with van der Waals surface area (Å²) in [6.07, 6.45) is 4.61. The van der Waals surface area contributed by atoms with Gasteiger partial charge >= 0.3 is 0 Å². The van der Waals surface area contributed by atoms with Crippen LogP contribution in [0.2, 0.25) is 5.02 Å². The summed E-state index contributed by atoms with van der Waals surface area (Å²) in [5, 5.41) is 0.366. The third-order valence-electron chi connectivity index (χ3n) is 3.60. The van der Waals surface area contributed by atoms with Gasteiger partial charge in [-0.1, -0.05) is 17.7 Å². The molecule has 0 unspecified atom stereocenters. The van der Waals surface area contributed by atoms with Gasteiger partial charge in [-0.05, 0) is 48.9 Å². The molecule has 0 saturated carbocycles. The summed E-state index contributed by atoms with van der Waals surface area (Å²) in [5.41, 5.74) is 4.00. The van der Waals surface area contributed by atoms with E-state index in [0.29, 0.717) is 10.6 Å². The van der Waals surface area contributed by atoms with Crippen LogP contribution in [0.1, 0.15) is 5.69 Å². The average Bonchev–Trinajstić information content (AvgIpc) is 2.54. The van der Waals surface area contributed by atoms with Gasteiger partial charge in [-0.3, -0.25) is 9.97 Å². The Morgan fingerprint density at radius 2 is 1.76 bits per heavy atom. The fourth-order valence-electron chi connectivity index (χ4n) is 2.41. The van der Waals surface area contributed by atoms with Crippen molar-refractivity contribution >= 4 is 33.8 Å². The van der Waals surface area contributed by atoms with E-state index in [-0.39, 0.29) is 17.3 Å². The van der Waals surface area contributed by atoms with Gasteiger partial charge in [-0.15, -0.1) is 12.4 Å². The number of benzene rings is 1. The Labute approximate surface area is 158 Å². The Kier molecular flexibility index (Phi) is 5.83. The number of pyridine rings is 2. The fourth-order valence-corrected chi connectivity index (χ4v) is 3.39. The van der Waals surface area contributed by atoms with E-state index < -0.39 is 9.84 Å². The zero-order chi connectivity index (χ0) is 17.3. The van der Waals surface area contributed by atoms with Crippen LogP contribution in [0.3, 0.4) is 0 Å². The molecule has 0 radical (unpaired) electrons. The number of hydrogen-bond donors (Lipinski definition) is 0. The fraction of sp³-hybridized carbons (Fsp3) is 0.111. The third-order valence-corrected chi connectivity index (χ3v) is 4.91. The number of halogens is 2. The number of nitrogens with zero attached hydrogens (tertiary/aromatic N) is 2. The molecule has 25 heavy (non-hydrogen) atoms. The molecule has 3 rings (SSSR count). The maximum atomic E-state index is 11.9. The van der Waals surface area contributed by atoms with Gasteiger partial charge in [0, 0.05) is 40.5 Å². The highest BCUT2D eigenvalue weighted by Crippen LogP contribution is 2.33. The number of sulfone groups is 1. The van der Waals surface area contributed by atoms with Crippen molar-refractivity contribution < 1.29 is 8.42 Å². The van der Waals surface area contributed by atoms with Crippen LogP contribution in [0.25, 0.3) is 22.4 Å². The van der Waals surface area contributed by atoms with Crippen LogP contribution in [-0.4, -0.2) is 24.6 Å². The molecule has 7 heteroatoms. The van der Waals surface area contributed by atoms with Gasteiger partial charge in [-0.25, -0.2) is 8.42 Å². The van der Waals surface area contributed by atoms with Gasteiger partial charge in [0.05, 0.1) is 10.6 Å². The molecule has 2 aromatic heterocycles. The first-order chi connectivity index (χ1) is 11.3. The minimum absolute atomic E-state index is 0. The van der Waals surface area contributed by atoms with Gasteiger partial charge in [0.25, 0.3) is 0 Å². The Morgan fingerprint density at radius 1 is 1.00 bits per heavy atom. The van der Waals surface area contributed by atoms with Crippen molar-refractivity contribution in [3.63, 3.8) is 0 Å². The van der Waals surface area contributed by atoms with Crippen LogP contribution in [0, 0.1) is 6.92 Å². The molecule has 0 atom stereocenters. The lowest BCUT2D eigenvalue weighted by molar-refractivity contribution is 0.602.